The molecule has 0 saturated carbocycles. The van der Waals surface area contributed by atoms with Gasteiger partial charge in [0.2, 0.25) is 0 Å². The number of halogens is 5. The van der Waals surface area contributed by atoms with Crippen molar-refractivity contribution >= 4 is 34.4 Å². The Bertz CT molecular complexity index is 1160. The fourth-order valence-electron chi connectivity index (χ4n) is 3.31. The topological polar surface area (TPSA) is 65.2 Å². The van der Waals surface area contributed by atoms with E-state index in [2.05, 4.69) is 10.3 Å². The molecule has 4 rings (SSSR count). The summed E-state index contributed by atoms with van der Waals surface area (Å²) in [7, 11) is 0. The molecule has 158 valence electrons. The van der Waals surface area contributed by atoms with Crippen molar-refractivity contribution in [1.29, 1.82) is 0 Å². The number of hydrogen-bond donors (Lipinski definition) is 2. The SMILES string of the molecule is C.O=C1N[C@H](Cc2c[nH]c3c(Cl)c(F)ccc23)C(=O)N1Cc1ccc(F)c(F)c1F. The van der Waals surface area contributed by atoms with Crippen molar-refractivity contribution in [1.82, 2.24) is 15.2 Å². The number of amides is 3. The van der Waals surface area contributed by atoms with Gasteiger partial charge in [0.15, 0.2) is 17.5 Å². The monoisotopic (exact) mass is 441 g/mol. The number of carbonyl (C=O) groups excluding carboxylic acids is 2. The van der Waals surface area contributed by atoms with E-state index in [1.165, 1.54) is 12.1 Å². The molecule has 1 aromatic heterocycles. The molecule has 1 aliphatic rings. The molecular weight excluding hydrogens is 426 g/mol. The second kappa shape index (κ2) is 7.98. The first-order chi connectivity index (χ1) is 13.8. The van der Waals surface area contributed by atoms with Crippen molar-refractivity contribution in [2.45, 2.75) is 26.4 Å². The Morgan fingerprint density at radius 1 is 0.967 bits per heavy atom. The number of carbonyl (C=O) groups is 2. The van der Waals surface area contributed by atoms with E-state index in [0.29, 0.717) is 16.5 Å². The summed E-state index contributed by atoms with van der Waals surface area (Å²) >= 11 is 5.92. The van der Waals surface area contributed by atoms with Gasteiger partial charge in [0.25, 0.3) is 5.91 Å². The van der Waals surface area contributed by atoms with E-state index < -0.39 is 47.8 Å². The highest BCUT2D eigenvalue weighted by molar-refractivity contribution is 6.35. The van der Waals surface area contributed by atoms with Crippen LogP contribution in [0.3, 0.4) is 0 Å². The van der Waals surface area contributed by atoms with E-state index in [9.17, 15) is 27.2 Å². The fourth-order valence-corrected chi connectivity index (χ4v) is 3.53. The number of imide groups is 1. The van der Waals surface area contributed by atoms with Gasteiger partial charge in [-0.1, -0.05) is 25.1 Å². The minimum atomic E-state index is -1.67. The molecule has 2 N–H and O–H groups in total. The molecule has 30 heavy (non-hydrogen) atoms. The summed E-state index contributed by atoms with van der Waals surface area (Å²) in [5.74, 6) is -5.74. The predicted molar refractivity (Wildman–Crippen MR) is 103 cm³/mol. The Balaban J connectivity index is 0.00000256. The number of H-pyrrole nitrogens is 1. The number of nitrogens with zero attached hydrogens (tertiary/aromatic N) is 1. The van der Waals surface area contributed by atoms with Gasteiger partial charge >= 0.3 is 6.03 Å². The summed E-state index contributed by atoms with van der Waals surface area (Å²) in [5.41, 5.74) is 0.642. The summed E-state index contributed by atoms with van der Waals surface area (Å²) < 4.78 is 53.9. The van der Waals surface area contributed by atoms with E-state index in [0.717, 1.165) is 17.0 Å². The zero-order valence-electron chi connectivity index (χ0n) is 14.5. The lowest BCUT2D eigenvalue weighted by Crippen LogP contribution is -2.32. The smallest absolute Gasteiger partial charge is 0.325 e. The van der Waals surface area contributed by atoms with Crippen LogP contribution in [0.25, 0.3) is 10.9 Å². The molecule has 0 radical (unpaired) electrons. The first-order valence-electron chi connectivity index (χ1n) is 8.46. The van der Waals surface area contributed by atoms with Gasteiger partial charge in [0, 0.05) is 23.6 Å². The van der Waals surface area contributed by atoms with Crippen LogP contribution in [0, 0.1) is 23.3 Å². The maximum Gasteiger partial charge on any atom is 0.325 e. The summed E-state index contributed by atoms with van der Waals surface area (Å²) in [6, 6.07) is 2.63. The number of aromatic amines is 1. The van der Waals surface area contributed by atoms with Gasteiger partial charge in [0.1, 0.15) is 16.9 Å². The molecule has 1 fully saturated rings. The third kappa shape index (κ3) is 3.49. The van der Waals surface area contributed by atoms with Gasteiger partial charge in [-0.05, 0) is 23.8 Å². The predicted octanol–water partition coefficient (Wildman–Crippen LogP) is 4.68. The number of hydrogen-bond acceptors (Lipinski definition) is 2. The Morgan fingerprint density at radius 2 is 1.67 bits per heavy atom. The van der Waals surface area contributed by atoms with Crippen LogP contribution in [0.2, 0.25) is 5.02 Å². The van der Waals surface area contributed by atoms with Gasteiger partial charge in [-0.15, -0.1) is 0 Å². The summed E-state index contributed by atoms with van der Waals surface area (Å²) in [6.45, 7) is -0.547. The van der Waals surface area contributed by atoms with Crippen LogP contribution >= 0.6 is 11.6 Å². The number of benzene rings is 2. The van der Waals surface area contributed by atoms with Crippen LogP contribution < -0.4 is 5.32 Å². The van der Waals surface area contributed by atoms with Crippen molar-refractivity contribution in [3.63, 3.8) is 0 Å². The normalized spacial score (nSPS) is 16.2. The third-order valence-electron chi connectivity index (χ3n) is 4.81. The van der Waals surface area contributed by atoms with E-state index in [-0.39, 0.29) is 24.4 Å². The van der Waals surface area contributed by atoms with Crippen LogP contribution in [-0.2, 0) is 17.8 Å². The molecule has 5 nitrogen and oxygen atoms in total. The number of aromatic nitrogens is 1. The second-order valence-electron chi connectivity index (χ2n) is 6.56. The lowest BCUT2D eigenvalue weighted by Gasteiger charge is -2.14. The molecule has 1 aliphatic heterocycles. The van der Waals surface area contributed by atoms with Crippen LogP contribution in [-0.4, -0.2) is 27.9 Å². The van der Waals surface area contributed by atoms with Crippen LogP contribution in [0.15, 0.2) is 30.5 Å². The maximum atomic E-state index is 13.9. The molecule has 10 heteroatoms. The molecule has 2 heterocycles. The largest absolute Gasteiger partial charge is 0.360 e. The second-order valence-corrected chi connectivity index (χ2v) is 6.94. The Kier molecular flexibility index (Phi) is 5.76. The first kappa shape index (κ1) is 21.6. The average Bonchev–Trinajstić information content (AvgIpc) is 3.21. The summed E-state index contributed by atoms with van der Waals surface area (Å²) in [4.78, 5) is 28.4. The lowest BCUT2D eigenvalue weighted by atomic mass is 10.0. The van der Waals surface area contributed by atoms with Gasteiger partial charge in [-0.2, -0.15) is 0 Å². The molecule has 0 aliphatic carbocycles. The van der Waals surface area contributed by atoms with E-state index in [1.54, 1.807) is 6.20 Å². The quantitative estimate of drug-likeness (QED) is 0.351. The Hall–Kier alpha value is -3.07. The average molecular weight is 442 g/mol. The van der Waals surface area contributed by atoms with Crippen LogP contribution in [0.4, 0.5) is 22.4 Å². The minimum absolute atomic E-state index is 0. The fraction of sp³-hybridized carbons (Fsp3) is 0.200. The molecule has 0 spiro atoms. The summed E-state index contributed by atoms with van der Waals surface area (Å²) in [6.07, 6.45) is 1.62. The number of rotatable bonds is 4. The van der Waals surface area contributed by atoms with Crippen LogP contribution in [0.5, 0.6) is 0 Å². The van der Waals surface area contributed by atoms with Crippen molar-refractivity contribution < 1.29 is 27.2 Å². The third-order valence-corrected chi connectivity index (χ3v) is 5.18. The van der Waals surface area contributed by atoms with E-state index in [4.69, 9.17) is 11.6 Å². The minimum Gasteiger partial charge on any atom is -0.360 e. The van der Waals surface area contributed by atoms with Gasteiger partial charge in [-0.25, -0.2) is 22.4 Å². The maximum absolute atomic E-state index is 13.9. The molecular formula is C20H16ClF4N3O2. The van der Waals surface area contributed by atoms with E-state index >= 15 is 0 Å². The zero-order valence-corrected chi connectivity index (χ0v) is 15.3. The molecule has 2 aromatic carbocycles. The van der Waals surface area contributed by atoms with Crippen molar-refractivity contribution in [2.24, 2.45) is 0 Å². The Labute approximate surface area is 173 Å². The molecule has 3 amide bonds. The number of urea groups is 1. The van der Waals surface area contributed by atoms with Crippen molar-refractivity contribution in [2.75, 3.05) is 0 Å². The summed E-state index contributed by atoms with van der Waals surface area (Å²) in [5, 5.41) is 2.97. The molecule has 1 saturated heterocycles. The van der Waals surface area contributed by atoms with Gasteiger partial charge < -0.3 is 10.3 Å². The number of fused-ring (bicyclic) bond motifs is 1. The van der Waals surface area contributed by atoms with Gasteiger partial charge in [-0.3, -0.25) is 9.69 Å². The molecule has 0 unspecified atom stereocenters. The molecule has 0 bridgehead atoms. The standard InChI is InChI=1S/C19H12ClF4N3O2.CH4/c20-14-11(21)4-2-10-9(6-25-17(10)14)5-13-18(28)27(19(29)26-13)7-8-1-3-12(22)16(24)15(8)23;/h1-4,6,13,25H,5,7H2,(H,26,29);1H4/t13-;/m1./s1. The zero-order chi connectivity index (χ0) is 20.9. The Morgan fingerprint density at radius 3 is 2.40 bits per heavy atom. The first-order valence-corrected chi connectivity index (χ1v) is 8.84. The molecule has 1 atom stereocenters. The van der Waals surface area contributed by atoms with Crippen LogP contribution in [0.1, 0.15) is 18.6 Å². The lowest BCUT2D eigenvalue weighted by molar-refractivity contribution is -0.127. The van der Waals surface area contributed by atoms with Crippen molar-refractivity contribution in [3.05, 3.63) is 69.9 Å². The highest BCUT2D eigenvalue weighted by Gasteiger charge is 2.38. The highest BCUT2D eigenvalue weighted by atomic mass is 35.5. The number of nitrogens with one attached hydrogen (secondary N) is 2. The van der Waals surface area contributed by atoms with Gasteiger partial charge in [0.05, 0.1) is 12.1 Å². The highest BCUT2D eigenvalue weighted by Crippen LogP contribution is 2.29. The molecule has 3 aromatic rings. The van der Waals surface area contributed by atoms with E-state index in [1.807, 2.05) is 0 Å². The van der Waals surface area contributed by atoms with Crippen molar-refractivity contribution in [3.8, 4) is 0 Å².